The van der Waals surface area contributed by atoms with Crippen LogP contribution in [0.25, 0.3) is 0 Å². The highest BCUT2D eigenvalue weighted by Crippen LogP contribution is 2.26. The summed E-state index contributed by atoms with van der Waals surface area (Å²) >= 11 is 0. The van der Waals surface area contributed by atoms with Crippen LogP contribution in [0.2, 0.25) is 0 Å². The summed E-state index contributed by atoms with van der Waals surface area (Å²) in [5.74, 6) is -2.10. The van der Waals surface area contributed by atoms with Crippen molar-refractivity contribution in [2.24, 2.45) is 0 Å². The molecule has 0 aliphatic carbocycles. The van der Waals surface area contributed by atoms with Crippen LogP contribution >= 0.6 is 0 Å². The van der Waals surface area contributed by atoms with E-state index in [-0.39, 0.29) is 19.6 Å². The minimum Gasteiger partial charge on any atom is -0.480 e. The summed E-state index contributed by atoms with van der Waals surface area (Å²) in [6.07, 6.45) is 0. The topological polar surface area (TPSA) is 116 Å². The third-order valence-corrected chi connectivity index (χ3v) is 3.53. The molecule has 21 heavy (non-hydrogen) atoms. The van der Waals surface area contributed by atoms with Gasteiger partial charge >= 0.3 is 12.0 Å². The predicted molar refractivity (Wildman–Crippen MR) is 68.3 cm³/mol. The van der Waals surface area contributed by atoms with Crippen molar-refractivity contribution in [1.82, 2.24) is 15.1 Å². The zero-order valence-corrected chi connectivity index (χ0v) is 11.8. The Morgan fingerprint density at radius 3 is 2.62 bits per heavy atom. The molecule has 0 aromatic heterocycles. The number of urea groups is 1. The monoisotopic (exact) mass is 299 g/mol. The number of piperazine rings is 1. The van der Waals surface area contributed by atoms with Crippen molar-refractivity contribution in [1.29, 1.82) is 0 Å². The van der Waals surface area contributed by atoms with Crippen LogP contribution in [0, 0.1) is 0 Å². The maximum atomic E-state index is 12.3. The van der Waals surface area contributed by atoms with Gasteiger partial charge in [0.25, 0.3) is 0 Å². The Hall–Kier alpha value is -2.16. The number of likely N-dealkylation sites (tertiary alicyclic amines) is 1. The summed E-state index contributed by atoms with van der Waals surface area (Å²) < 4.78 is 5.21. The number of carbonyl (C=O) groups is 4. The van der Waals surface area contributed by atoms with Gasteiger partial charge in [-0.3, -0.25) is 14.9 Å². The number of hydrogen-bond donors (Lipinski definition) is 2. The number of carboxylic acid groups (broad SMARTS) is 1. The number of ether oxygens (including phenoxy) is 1. The maximum Gasteiger partial charge on any atom is 0.329 e. The summed E-state index contributed by atoms with van der Waals surface area (Å²) in [5.41, 5.74) is -0.709. The van der Waals surface area contributed by atoms with Gasteiger partial charge < -0.3 is 19.6 Å². The Kier molecular flexibility index (Phi) is 3.86. The minimum absolute atomic E-state index is 0.172. The van der Waals surface area contributed by atoms with Crippen molar-refractivity contribution in [2.45, 2.75) is 25.5 Å². The molecular formula is C12H17N3O6. The van der Waals surface area contributed by atoms with E-state index < -0.39 is 42.1 Å². The standard InChI is InChI=1S/C12H17N3O6/c1-7-10(19)13-8(16)3-15(7)11(20)14-5-12(2,6-14)21-4-9(17)18/h7H,3-6H2,1-2H3,(H,17,18)(H,13,16,19). The van der Waals surface area contributed by atoms with Crippen molar-refractivity contribution in [3.8, 4) is 0 Å². The van der Waals surface area contributed by atoms with Crippen molar-refractivity contribution in [2.75, 3.05) is 26.2 Å². The second-order valence-corrected chi connectivity index (χ2v) is 5.49. The Balaban J connectivity index is 1.92. The number of nitrogens with one attached hydrogen (secondary N) is 1. The van der Waals surface area contributed by atoms with Gasteiger partial charge in [0.2, 0.25) is 11.8 Å². The molecule has 2 fully saturated rings. The average molecular weight is 299 g/mol. The van der Waals surface area contributed by atoms with E-state index in [4.69, 9.17) is 9.84 Å². The van der Waals surface area contributed by atoms with Gasteiger partial charge in [-0.15, -0.1) is 0 Å². The number of hydrogen-bond acceptors (Lipinski definition) is 5. The largest absolute Gasteiger partial charge is 0.480 e. The molecule has 1 atom stereocenters. The predicted octanol–water partition coefficient (Wildman–Crippen LogP) is -1.37. The number of amides is 4. The molecule has 2 aliphatic heterocycles. The third kappa shape index (κ3) is 3.13. The van der Waals surface area contributed by atoms with Gasteiger partial charge in [-0.2, -0.15) is 0 Å². The first-order chi connectivity index (χ1) is 9.72. The first kappa shape index (κ1) is 15.2. The molecular weight excluding hydrogens is 282 g/mol. The zero-order chi connectivity index (χ0) is 15.8. The second kappa shape index (κ2) is 5.32. The summed E-state index contributed by atoms with van der Waals surface area (Å²) in [6.45, 7) is 3.08. The van der Waals surface area contributed by atoms with Gasteiger partial charge in [0, 0.05) is 0 Å². The van der Waals surface area contributed by atoms with Gasteiger partial charge in [-0.1, -0.05) is 0 Å². The number of nitrogens with zero attached hydrogens (tertiary/aromatic N) is 2. The minimum atomic E-state index is -1.08. The van der Waals surface area contributed by atoms with E-state index in [9.17, 15) is 19.2 Å². The first-order valence-corrected chi connectivity index (χ1v) is 6.47. The van der Waals surface area contributed by atoms with Gasteiger partial charge in [0.1, 0.15) is 24.8 Å². The highest BCUT2D eigenvalue weighted by Gasteiger charge is 2.46. The van der Waals surface area contributed by atoms with E-state index in [0.29, 0.717) is 0 Å². The molecule has 2 N–H and O–H groups in total. The summed E-state index contributed by atoms with van der Waals surface area (Å²) in [4.78, 5) is 48.2. The molecule has 2 saturated heterocycles. The van der Waals surface area contributed by atoms with Gasteiger partial charge in [-0.05, 0) is 13.8 Å². The molecule has 0 aromatic carbocycles. The normalized spacial score (nSPS) is 24.4. The number of imide groups is 1. The highest BCUT2D eigenvalue weighted by atomic mass is 16.5. The van der Waals surface area contributed by atoms with Crippen molar-refractivity contribution < 1.29 is 29.0 Å². The number of carboxylic acids is 1. The fourth-order valence-corrected chi connectivity index (χ4v) is 2.35. The van der Waals surface area contributed by atoms with Gasteiger partial charge in [0.05, 0.1) is 13.1 Å². The van der Waals surface area contributed by atoms with Crippen LogP contribution < -0.4 is 5.32 Å². The molecule has 4 amide bonds. The van der Waals surface area contributed by atoms with E-state index in [1.807, 2.05) is 0 Å². The van der Waals surface area contributed by atoms with E-state index >= 15 is 0 Å². The van der Waals surface area contributed by atoms with E-state index in [0.717, 1.165) is 0 Å². The average Bonchev–Trinajstić information content (AvgIpc) is 2.36. The molecule has 0 saturated carbocycles. The highest BCUT2D eigenvalue weighted by molar-refractivity contribution is 6.03. The van der Waals surface area contributed by atoms with Crippen molar-refractivity contribution >= 4 is 23.8 Å². The lowest BCUT2D eigenvalue weighted by molar-refractivity contribution is -0.161. The van der Waals surface area contributed by atoms with Gasteiger partial charge in [0.15, 0.2) is 0 Å². The summed E-state index contributed by atoms with van der Waals surface area (Å²) in [5, 5.41) is 10.7. The molecule has 116 valence electrons. The fourth-order valence-electron chi connectivity index (χ4n) is 2.35. The smallest absolute Gasteiger partial charge is 0.329 e. The summed E-state index contributed by atoms with van der Waals surface area (Å²) in [6, 6.07) is -1.15. The number of aliphatic carboxylic acids is 1. The quantitative estimate of drug-likeness (QED) is 0.621. The first-order valence-electron chi connectivity index (χ1n) is 6.47. The van der Waals surface area contributed by atoms with Crippen LogP contribution in [-0.4, -0.2) is 76.6 Å². The molecule has 0 bridgehead atoms. The molecule has 0 aromatic rings. The van der Waals surface area contributed by atoms with E-state index in [1.165, 1.54) is 9.80 Å². The SMILES string of the molecule is CC1C(=O)NC(=O)CN1C(=O)N1CC(C)(OCC(=O)O)C1. The third-order valence-electron chi connectivity index (χ3n) is 3.53. The molecule has 2 heterocycles. The lowest BCUT2D eigenvalue weighted by atomic mass is 9.96. The van der Waals surface area contributed by atoms with Crippen molar-refractivity contribution in [3.05, 3.63) is 0 Å². The van der Waals surface area contributed by atoms with Gasteiger partial charge in [-0.25, -0.2) is 9.59 Å². The van der Waals surface area contributed by atoms with Crippen LogP contribution in [0.15, 0.2) is 0 Å². The van der Waals surface area contributed by atoms with Crippen LogP contribution in [0.4, 0.5) is 4.79 Å². The molecule has 0 spiro atoms. The molecule has 9 nitrogen and oxygen atoms in total. The second-order valence-electron chi connectivity index (χ2n) is 5.49. The number of carbonyl (C=O) groups excluding carboxylic acids is 3. The van der Waals surface area contributed by atoms with Crippen LogP contribution in [-0.2, 0) is 19.1 Å². The van der Waals surface area contributed by atoms with Crippen molar-refractivity contribution in [3.63, 3.8) is 0 Å². The Bertz CT molecular complexity index is 499. The summed E-state index contributed by atoms with van der Waals surface area (Å²) in [7, 11) is 0. The molecule has 2 rings (SSSR count). The Morgan fingerprint density at radius 1 is 1.43 bits per heavy atom. The molecule has 0 radical (unpaired) electrons. The van der Waals surface area contributed by atoms with E-state index in [2.05, 4.69) is 5.32 Å². The fraction of sp³-hybridized carbons (Fsp3) is 0.667. The van der Waals surface area contributed by atoms with E-state index in [1.54, 1.807) is 13.8 Å². The molecule has 9 heteroatoms. The molecule has 1 unspecified atom stereocenters. The van der Waals surface area contributed by atoms with Crippen LogP contribution in [0.1, 0.15) is 13.8 Å². The lowest BCUT2D eigenvalue weighted by Gasteiger charge is -2.49. The Labute approximate surface area is 120 Å². The number of rotatable bonds is 3. The molecule has 2 aliphatic rings. The lowest BCUT2D eigenvalue weighted by Crippen LogP contribution is -2.69. The Morgan fingerprint density at radius 2 is 2.05 bits per heavy atom. The van der Waals surface area contributed by atoms with Crippen LogP contribution in [0.5, 0.6) is 0 Å². The van der Waals surface area contributed by atoms with Crippen LogP contribution in [0.3, 0.4) is 0 Å². The zero-order valence-electron chi connectivity index (χ0n) is 11.8. The maximum absolute atomic E-state index is 12.3.